The smallest absolute Gasteiger partial charge is 0.410 e. The number of benzene rings is 1. The van der Waals surface area contributed by atoms with Gasteiger partial charge in [0.2, 0.25) is 0 Å². The molecular weight excluding hydrogens is 437 g/mol. The third-order valence-electron chi connectivity index (χ3n) is 5.62. The lowest BCUT2D eigenvalue weighted by molar-refractivity contribution is -0.174. The summed E-state index contributed by atoms with van der Waals surface area (Å²) >= 11 is 0. The molecule has 0 fully saturated rings. The van der Waals surface area contributed by atoms with Gasteiger partial charge in [0, 0.05) is 12.5 Å². The van der Waals surface area contributed by atoms with Gasteiger partial charge in [0.1, 0.15) is 17.3 Å². The zero-order chi connectivity index (χ0) is 24.0. The monoisotopic (exact) mass is 462 g/mol. The highest BCUT2D eigenvalue weighted by Gasteiger charge is 2.47. The number of fused-ring (bicyclic) bond motifs is 1. The molecule has 2 aromatic heterocycles. The second kappa shape index (κ2) is 8.17. The van der Waals surface area contributed by atoms with Crippen LogP contribution >= 0.6 is 0 Å². The van der Waals surface area contributed by atoms with Gasteiger partial charge in [-0.2, -0.15) is 18.3 Å². The second-order valence-electron chi connectivity index (χ2n) is 8.98. The first kappa shape index (κ1) is 22.8. The number of alkyl halides is 3. The van der Waals surface area contributed by atoms with E-state index in [0.29, 0.717) is 17.2 Å². The molecule has 0 saturated carbocycles. The minimum Gasteiger partial charge on any atom is -0.495 e. The highest BCUT2D eigenvalue weighted by atomic mass is 19.4. The fraction of sp³-hybridized carbons (Fsp3) is 0.391. The summed E-state index contributed by atoms with van der Waals surface area (Å²) in [4.78, 5) is 13.0. The van der Waals surface area contributed by atoms with Gasteiger partial charge in [-0.1, -0.05) is 26.8 Å². The maximum atomic E-state index is 13.8. The highest BCUT2D eigenvalue weighted by molar-refractivity contribution is 6.04. The maximum Gasteiger partial charge on any atom is 0.410 e. The average molecular weight is 462 g/mol. The van der Waals surface area contributed by atoms with Crippen LogP contribution in [0.1, 0.15) is 61.1 Å². The van der Waals surface area contributed by atoms with Gasteiger partial charge in [-0.3, -0.25) is 4.79 Å². The van der Waals surface area contributed by atoms with Crippen LogP contribution in [0.4, 0.5) is 24.7 Å². The number of anilines is 2. The summed E-state index contributed by atoms with van der Waals surface area (Å²) in [6.45, 7) is 6.09. The van der Waals surface area contributed by atoms with Crippen LogP contribution < -0.4 is 15.4 Å². The largest absolute Gasteiger partial charge is 0.495 e. The molecule has 0 aliphatic carbocycles. The number of hydrogen-bond acceptors (Lipinski definition) is 5. The normalized spacial score (nSPS) is 18.4. The van der Waals surface area contributed by atoms with Gasteiger partial charge < -0.3 is 19.8 Å². The van der Waals surface area contributed by atoms with Crippen LogP contribution in [0.3, 0.4) is 0 Å². The molecule has 0 saturated heterocycles. The number of hydrogen-bond donors (Lipinski definition) is 2. The van der Waals surface area contributed by atoms with Crippen LogP contribution in [-0.2, 0) is 5.41 Å². The fourth-order valence-electron chi connectivity index (χ4n) is 3.82. The Kier molecular flexibility index (Phi) is 5.63. The number of carbonyl (C=O) groups is 1. The van der Waals surface area contributed by atoms with Crippen molar-refractivity contribution in [3.63, 3.8) is 0 Å². The van der Waals surface area contributed by atoms with Gasteiger partial charge in [0.15, 0.2) is 11.7 Å². The van der Waals surface area contributed by atoms with Crippen LogP contribution in [0.15, 0.2) is 47.1 Å². The first-order chi connectivity index (χ1) is 15.5. The Bertz CT molecular complexity index is 1150. The number of carbonyl (C=O) groups excluding carboxylic acids is 1. The van der Waals surface area contributed by atoms with Gasteiger partial charge in [-0.05, 0) is 35.2 Å². The number of nitrogens with zero attached hydrogens (tertiary/aromatic N) is 2. The van der Waals surface area contributed by atoms with E-state index >= 15 is 0 Å². The number of methoxy groups -OCH3 is 1. The Hall–Kier alpha value is -3.43. The molecule has 33 heavy (non-hydrogen) atoms. The number of amides is 1. The lowest BCUT2D eigenvalue weighted by atomic mass is 9.87. The minimum absolute atomic E-state index is 0.0885. The van der Waals surface area contributed by atoms with E-state index in [1.54, 1.807) is 24.3 Å². The quantitative estimate of drug-likeness (QED) is 0.520. The van der Waals surface area contributed by atoms with E-state index in [4.69, 9.17) is 9.15 Å². The SMILES string of the molecule is COc1ccc(C(C)(C)C)cc1NC(=O)c1cc2n(n1)[C@H](C(F)(F)F)C[C@H](c1ccco1)N2. The van der Waals surface area contributed by atoms with Crippen LogP contribution in [-0.4, -0.2) is 29.0 Å². The molecule has 4 rings (SSSR count). The summed E-state index contributed by atoms with van der Waals surface area (Å²) in [7, 11) is 1.48. The molecule has 10 heteroatoms. The molecule has 3 aromatic rings. The molecule has 2 N–H and O–H groups in total. The Morgan fingerprint density at radius 1 is 1.24 bits per heavy atom. The third-order valence-corrected chi connectivity index (χ3v) is 5.62. The Morgan fingerprint density at radius 2 is 2.00 bits per heavy atom. The van der Waals surface area contributed by atoms with E-state index in [1.807, 2.05) is 26.8 Å². The topological polar surface area (TPSA) is 81.3 Å². The van der Waals surface area contributed by atoms with Gasteiger partial charge in [-0.15, -0.1) is 0 Å². The molecule has 0 unspecified atom stereocenters. The number of nitrogens with one attached hydrogen (secondary N) is 2. The zero-order valence-electron chi connectivity index (χ0n) is 18.7. The highest BCUT2D eigenvalue weighted by Crippen LogP contribution is 2.43. The van der Waals surface area contributed by atoms with Gasteiger partial charge in [0.05, 0.1) is 25.1 Å². The summed E-state index contributed by atoms with van der Waals surface area (Å²) in [6.07, 6.45) is -3.45. The van der Waals surface area contributed by atoms with Gasteiger partial charge in [-0.25, -0.2) is 4.68 Å². The number of aromatic nitrogens is 2. The predicted octanol–water partition coefficient (Wildman–Crippen LogP) is 5.69. The van der Waals surface area contributed by atoms with E-state index in [9.17, 15) is 18.0 Å². The van der Waals surface area contributed by atoms with Crippen molar-refractivity contribution < 1.29 is 27.1 Å². The molecule has 1 aromatic carbocycles. The van der Waals surface area contributed by atoms with Crippen molar-refractivity contribution in [2.75, 3.05) is 17.7 Å². The third kappa shape index (κ3) is 4.55. The maximum absolute atomic E-state index is 13.8. The van der Waals surface area contributed by atoms with Crippen molar-refractivity contribution in [2.45, 2.75) is 50.9 Å². The summed E-state index contributed by atoms with van der Waals surface area (Å²) in [5.74, 6) is 0.264. The Morgan fingerprint density at radius 3 is 2.61 bits per heavy atom. The first-order valence-corrected chi connectivity index (χ1v) is 10.4. The number of furan rings is 1. The van der Waals surface area contributed by atoms with E-state index in [2.05, 4.69) is 15.7 Å². The van der Waals surface area contributed by atoms with Crippen molar-refractivity contribution in [2.24, 2.45) is 0 Å². The van der Waals surface area contributed by atoms with E-state index in [1.165, 1.54) is 19.4 Å². The molecule has 1 aliphatic rings. The van der Waals surface area contributed by atoms with Crippen molar-refractivity contribution in [3.8, 4) is 5.75 Å². The van der Waals surface area contributed by atoms with E-state index in [0.717, 1.165) is 10.2 Å². The standard InChI is InChI=1S/C23H25F3N4O3/c1-22(2,3)13-7-8-17(32-4)14(10-13)28-21(31)16-12-20-27-15(18-6-5-9-33-18)11-19(23(24,25)26)30(20)29-16/h5-10,12,15,19,27H,11H2,1-4H3,(H,28,31)/t15-,19+/m1/s1. The van der Waals surface area contributed by atoms with Gasteiger partial charge in [0.25, 0.3) is 5.91 Å². The predicted molar refractivity (Wildman–Crippen MR) is 117 cm³/mol. The molecule has 1 aliphatic heterocycles. The molecule has 0 radical (unpaired) electrons. The Labute approximate surface area is 188 Å². The molecule has 7 nitrogen and oxygen atoms in total. The molecule has 2 atom stereocenters. The number of rotatable bonds is 4. The number of ether oxygens (including phenoxy) is 1. The summed E-state index contributed by atoms with van der Waals surface area (Å²) in [6, 6.07) is 7.36. The van der Waals surface area contributed by atoms with Gasteiger partial charge >= 0.3 is 6.18 Å². The molecule has 1 amide bonds. The van der Waals surface area contributed by atoms with Crippen LogP contribution in [0.25, 0.3) is 0 Å². The fourth-order valence-corrected chi connectivity index (χ4v) is 3.82. The molecule has 0 bridgehead atoms. The zero-order valence-corrected chi connectivity index (χ0v) is 18.7. The van der Waals surface area contributed by atoms with Crippen molar-refractivity contribution >= 4 is 17.4 Å². The van der Waals surface area contributed by atoms with Crippen LogP contribution in [0.5, 0.6) is 5.75 Å². The molecular formula is C23H25F3N4O3. The van der Waals surface area contributed by atoms with Crippen molar-refractivity contribution in [1.29, 1.82) is 0 Å². The van der Waals surface area contributed by atoms with Crippen LogP contribution in [0.2, 0.25) is 0 Å². The second-order valence-corrected chi connectivity index (χ2v) is 8.98. The average Bonchev–Trinajstić information content (AvgIpc) is 3.41. The summed E-state index contributed by atoms with van der Waals surface area (Å²) < 4.78 is 52.9. The van der Waals surface area contributed by atoms with Crippen LogP contribution in [0, 0.1) is 0 Å². The van der Waals surface area contributed by atoms with Crippen molar-refractivity contribution in [3.05, 3.63) is 59.7 Å². The minimum atomic E-state index is -4.55. The Balaban J connectivity index is 1.65. The number of halogens is 3. The molecule has 3 heterocycles. The first-order valence-electron chi connectivity index (χ1n) is 10.4. The van der Waals surface area contributed by atoms with E-state index in [-0.39, 0.29) is 23.3 Å². The van der Waals surface area contributed by atoms with Crippen molar-refractivity contribution in [1.82, 2.24) is 9.78 Å². The lowest BCUT2D eigenvalue weighted by Crippen LogP contribution is -2.35. The van der Waals surface area contributed by atoms with E-state index < -0.39 is 24.2 Å². The molecule has 176 valence electrons. The summed E-state index contributed by atoms with van der Waals surface area (Å²) in [5, 5.41) is 9.71. The summed E-state index contributed by atoms with van der Waals surface area (Å²) in [5.41, 5.74) is 1.05. The lowest BCUT2D eigenvalue weighted by Gasteiger charge is -2.32. The molecule has 0 spiro atoms.